The van der Waals surface area contributed by atoms with Crippen molar-refractivity contribution in [3.63, 3.8) is 0 Å². The molecular formula is C21H18N6O2. The van der Waals surface area contributed by atoms with Crippen LogP contribution < -0.4 is 5.32 Å². The number of rotatable bonds is 6. The van der Waals surface area contributed by atoms with E-state index >= 15 is 0 Å². The highest BCUT2D eigenvalue weighted by atomic mass is 16.5. The Bertz CT molecular complexity index is 1300. The Morgan fingerprint density at radius 3 is 3.00 bits per heavy atom. The van der Waals surface area contributed by atoms with Crippen molar-refractivity contribution in [3.05, 3.63) is 66.6 Å². The van der Waals surface area contributed by atoms with Gasteiger partial charge in [0.15, 0.2) is 11.5 Å². The fourth-order valence-corrected chi connectivity index (χ4v) is 3.34. The van der Waals surface area contributed by atoms with Crippen molar-refractivity contribution in [2.24, 2.45) is 0 Å². The molecule has 0 atom stereocenters. The zero-order valence-corrected chi connectivity index (χ0v) is 15.5. The number of benzene rings is 2. The molecule has 5 rings (SSSR count). The van der Waals surface area contributed by atoms with Gasteiger partial charge in [0.05, 0.1) is 23.4 Å². The monoisotopic (exact) mass is 386 g/mol. The fraction of sp³-hybridized carbons (Fsp3) is 0.143. The molecule has 3 aromatic heterocycles. The number of nitrogens with one attached hydrogen (secondary N) is 2. The standard InChI is InChI=1S/C21H18N6O2/c28-21(22-8-3-9-27-19-5-2-1-4-15(19)13-24-27)18-11-20(29-26-18)14-6-7-17-16(10-14)12-23-25-17/h1-2,4-7,10-13H,3,8-9H2,(H,22,28)(H,23,25). The normalized spacial score (nSPS) is 11.3. The Morgan fingerprint density at radius 1 is 1.10 bits per heavy atom. The van der Waals surface area contributed by atoms with Crippen LogP contribution in [-0.2, 0) is 6.54 Å². The summed E-state index contributed by atoms with van der Waals surface area (Å²) in [6, 6.07) is 15.5. The van der Waals surface area contributed by atoms with Crippen LogP contribution in [0.3, 0.4) is 0 Å². The first kappa shape index (κ1) is 17.2. The molecule has 0 saturated heterocycles. The minimum absolute atomic E-state index is 0.255. The maximum atomic E-state index is 12.4. The van der Waals surface area contributed by atoms with Crippen LogP contribution in [0.2, 0.25) is 0 Å². The van der Waals surface area contributed by atoms with E-state index in [9.17, 15) is 4.79 Å². The number of aromatic amines is 1. The summed E-state index contributed by atoms with van der Waals surface area (Å²) >= 11 is 0. The van der Waals surface area contributed by atoms with Gasteiger partial charge in [-0.15, -0.1) is 0 Å². The van der Waals surface area contributed by atoms with Crippen LogP contribution in [0, 0.1) is 0 Å². The van der Waals surface area contributed by atoms with Gasteiger partial charge in [0.2, 0.25) is 0 Å². The maximum absolute atomic E-state index is 12.4. The minimum Gasteiger partial charge on any atom is -0.355 e. The highest BCUT2D eigenvalue weighted by Crippen LogP contribution is 2.24. The van der Waals surface area contributed by atoms with E-state index in [4.69, 9.17) is 4.52 Å². The molecule has 0 aliphatic carbocycles. The highest BCUT2D eigenvalue weighted by Gasteiger charge is 2.14. The second-order valence-corrected chi connectivity index (χ2v) is 6.78. The molecule has 8 nitrogen and oxygen atoms in total. The van der Waals surface area contributed by atoms with E-state index in [1.54, 1.807) is 12.3 Å². The molecule has 0 radical (unpaired) electrons. The Labute approximate surface area is 165 Å². The quantitative estimate of drug-likeness (QED) is 0.436. The topological polar surface area (TPSA) is 102 Å². The van der Waals surface area contributed by atoms with Crippen LogP contribution in [0.15, 0.2) is 65.4 Å². The number of nitrogens with zero attached hydrogens (tertiary/aromatic N) is 4. The van der Waals surface area contributed by atoms with Gasteiger partial charge in [-0.3, -0.25) is 14.6 Å². The number of carbonyl (C=O) groups is 1. The van der Waals surface area contributed by atoms with Gasteiger partial charge < -0.3 is 9.84 Å². The van der Waals surface area contributed by atoms with Crippen LogP contribution in [0.5, 0.6) is 0 Å². The Morgan fingerprint density at radius 2 is 2.03 bits per heavy atom. The molecule has 0 bridgehead atoms. The van der Waals surface area contributed by atoms with Crippen LogP contribution in [0.4, 0.5) is 0 Å². The molecule has 29 heavy (non-hydrogen) atoms. The predicted octanol–water partition coefficient (Wildman–Crippen LogP) is 3.39. The number of hydrogen-bond acceptors (Lipinski definition) is 5. The van der Waals surface area contributed by atoms with Gasteiger partial charge in [-0.05, 0) is 30.7 Å². The molecule has 2 aromatic carbocycles. The van der Waals surface area contributed by atoms with Gasteiger partial charge in [0.25, 0.3) is 5.91 Å². The molecule has 5 aromatic rings. The van der Waals surface area contributed by atoms with E-state index in [1.165, 1.54) is 0 Å². The third-order valence-electron chi connectivity index (χ3n) is 4.85. The van der Waals surface area contributed by atoms with Crippen molar-refractivity contribution in [1.29, 1.82) is 0 Å². The summed E-state index contributed by atoms with van der Waals surface area (Å²) in [5.74, 6) is 0.288. The smallest absolute Gasteiger partial charge is 0.273 e. The SMILES string of the molecule is O=C(NCCCn1ncc2ccccc21)c1cc(-c2ccc3[nH]ncc3c2)on1. The zero-order chi connectivity index (χ0) is 19.6. The molecule has 3 heterocycles. The van der Waals surface area contributed by atoms with Gasteiger partial charge in [-0.25, -0.2) is 0 Å². The molecule has 0 aliphatic rings. The molecule has 2 N–H and O–H groups in total. The first-order chi connectivity index (χ1) is 14.3. The molecular weight excluding hydrogens is 368 g/mol. The van der Waals surface area contributed by atoms with E-state index in [0.29, 0.717) is 12.3 Å². The van der Waals surface area contributed by atoms with E-state index in [2.05, 4.69) is 25.8 Å². The lowest BCUT2D eigenvalue weighted by atomic mass is 10.1. The van der Waals surface area contributed by atoms with E-state index in [-0.39, 0.29) is 11.6 Å². The van der Waals surface area contributed by atoms with Crippen molar-refractivity contribution in [2.45, 2.75) is 13.0 Å². The number of hydrogen-bond donors (Lipinski definition) is 2. The van der Waals surface area contributed by atoms with Gasteiger partial charge in [0.1, 0.15) is 0 Å². The number of aryl methyl sites for hydroxylation is 1. The average Bonchev–Trinajstić information content (AvgIpc) is 3.50. The first-order valence-corrected chi connectivity index (χ1v) is 9.37. The van der Waals surface area contributed by atoms with Gasteiger partial charge in [-0.1, -0.05) is 23.4 Å². The van der Waals surface area contributed by atoms with Crippen molar-refractivity contribution in [2.75, 3.05) is 6.54 Å². The van der Waals surface area contributed by atoms with Crippen molar-refractivity contribution in [1.82, 2.24) is 30.5 Å². The second kappa shape index (κ2) is 7.23. The summed E-state index contributed by atoms with van der Waals surface area (Å²) in [4.78, 5) is 12.4. The van der Waals surface area contributed by atoms with Crippen molar-refractivity contribution >= 4 is 27.7 Å². The average molecular weight is 386 g/mol. The highest BCUT2D eigenvalue weighted by molar-refractivity contribution is 5.93. The van der Waals surface area contributed by atoms with Crippen molar-refractivity contribution < 1.29 is 9.32 Å². The van der Waals surface area contributed by atoms with E-state index < -0.39 is 0 Å². The fourth-order valence-electron chi connectivity index (χ4n) is 3.34. The lowest BCUT2D eigenvalue weighted by Gasteiger charge is -2.04. The molecule has 0 fully saturated rings. The van der Waals surface area contributed by atoms with E-state index in [0.717, 1.165) is 40.3 Å². The van der Waals surface area contributed by atoms with Gasteiger partial charge in [0, 0.05) is 35.5 Å². The zero-order valence-electron chi connectivity index (χ0n) is 15.5. The first-order valence-electron chi connectivity index (χ1n) is 9.37. The number of carbonyl (C=O) groups excluding carboxylic acids is 1. The Balaban J connectivity index is 1.19. The summed E-state index contributed by atoms with van der Waals surface area (Å²) in [5.41, 5.74) is 3.14. The maximum Gasteiger partial charge on any atom is 0.273 e. The van der Waals surface area contributed by atoms with Gasteiger partial charge >= 0.3 is 0 Å². The van der Waals surface area contributed by atoms with Crippen LogP contribution in [-0.4, -0.2) is 37.6 Å². The number of fused-ring (bicyclic) bond motifs is 2. The molecule has 1 amide bonds. The molecule has 0 saturated carbocycles. The molecule has 8 heteroatoms. The van der Waals surface area contributed by atoms with Crippen LogP contribution >= 0.6 is 0 Å². The molecule has 144 valence electrons. The summed E-state index contributed by atoms with van der Waals surface area (Å²) in [5, 5.41) is 20.2. The number of H-pyrrole nitrogens is 1. The Kier molecular flexibility index (Phi) is 4.28. The van der Waals surface area contributed by atoms with Crippen LogP contribution in [0.25, 0.3) is 33.1 Å². The lowest BCUT2D eigenvalue weighted by Crippen LogP contribution is -2.25. The third kappa shape index (κ3) is 3.36. The Hall–Kier alpha value is -3.94. The third-order valence-corrected chi connectivity index (χ3v) is 4.85. The molecule has 0 spiro atoms. The summed E-state index contributed by atoms with van der Waals surface area (Å²) in [6.45, 7) is 1.25. The predicted molar refractivity (Wildman–Crippen MR) is 108 cm³/mol. The minimum atomic E-state index is -0.255. The van der Waals surface area contributed by atoms with E-state index in [1.807, 2.05) is 53.3 Å². The number of amides is 1. The summed E-state index contributed by atoms with van der Waals surface area (Å²) in [6.07, 6.45) is 4.36. The number of aromatic nitrogens is 5. The lowest BCUT2D eigenvalue weighted by molar-refractivity contribution is 0.0943. The van der Waals surface area contributed by atoms with Crippen LogP contribution in [0.1, 0.15) is 16.9 Å². The summed E-state index contributed by atoms with van der Waals surface area (Å²) in [7, 11) is 0. The summed E-state index contributed by atoms with van der Waals surface area (Å²) < 4.78 is 7.30. The largest absolute Gasteiger partial charge is 0.355 e. The second-order valence-electron chi connectivity index (χ2n) is 6.78. The number of para-hydroxylation sites is 1. The van der Waals surface area contributed by atoms with Gasteiger partial charge in [-0.2, -0.15) is 10.2 Å². The molecule has 0 unspecified atom stereocenters. The molecule has 0 aliphatic heterocycles. The van der Waals surface area contributed by atoms with Crippen molar-refractivity contribution in [3.8, 4) is 11.3 Å².